The molecule has 4 heteroatoms. The van der Waals surface area contributed by atoms with Crippen LogP contribution in [-0.2, 0) is 6.42 Å². The number of aromatic hydroxyl groups is 2. The molecule has 27 heavy (non-hydrogen) atoms. The van der Waals surface area contributed by atoms with Gasteiger partial charge < -0.3 is 15.3 Å². The number of carboxylic acids is 1. The first-order chi connectivity index (χ1) is 12.6. The predicted octanol–water partition coefficient (Wildman–Crippen LogP) is 5.93. The van der Waals surface area contributed by atoms with Gasteiger partial charge in [-0.15, -0.1) is 0 Å². The van der Waals surface area contributed by atoms with Crippen molar-refractivity contribution in [3.05, 3.63) is 46.6 Å². The first-order valence-electron chi connectivity index (χ1n) is 9.77. The van der Waals surface area contributed by atoms with Crippen molar-refractivity contribution in [2.24, 2.45) is 5.41 Å². The molecule has 0 radical (unpaired) electrons. The molecule has 0 aromatic heterocycles. The molecule has 1 aromatic carbocycles. The highest BCUT2D eigenvalue weighted by molar-refractivity contribution is 5.94. The van der Waals surface area contributed by atoms with Crippen LogP contribution in [0.25, 0.3) is 0 Å². The van der Waals surface area contributed by atoms with E-state index in [1.165, 1.54) is 11.6 Å². The average Bonchev–Trinajstić information content (AvgIpc) is 2.57. The molecular formula is C23H32O4. The van der Waals surface area contributed by atoms with Gasteiger partial charge in [0, 0.05) is 11.5 Å². The molecule has 0 fully saturated rings. The minimum Gasteiger partial charge on any atom is -0.507 e. The Hall–Kier alpha value is -2.23. The third-order valence-electron chi connectivity index (χ3n) is 6.13. The fraction of sp³-hybridized carbons (Fsp3) is 0.522. The molecule has 1 aromatic rings. The number of carboxylic acid groups (broad SMARTS) is 1. The number of benzene rings is 1. The number of hydrogen-bond acceptors (Lipinski definition) is 3. The Morgan fingerprint density at radius 2 is 2.00 bits per heavy atom. The molecule has 2 rings (SSSR count). The molecule has 4 nitrogen and oxygen atoms in total. The van der Waals surface area contributed by atoms with Crippen LogP contribution in [0, 0.1) is 5.41 Å². The third-order valence-corrected chi connectivity index (χ3v) is 6.13. The summed E-state index contributed by atoms with van der Waals surface area (Å²) in [5.41, 5.74) is 2.48. The Labute approximate surface area is 162 Å². The first-order valence-corrected chi connectivity index (χ1v) is 9.77. The van der Waals surface area contributed by atoms with Gasteiger partial charge in [0.2, 0.25) is 0 Å². The van der Waals surface area contributed by atoms with Gasteiger partial charge in [-0.3, -0.25) is 0 Å². The second-order valence-corrected chi connectivity index (χ2v) is 8.14. The van der Waals surface area contributed by atoms with Crippen molar-refractivity contribution in [1.82, 2.24) is 0 Å². The fourth-order valence-electron chi connectivity index (χ4n) is 4.08. The smallest absolute Gasteiger partial charge is 0.339 e. The molecule has 148 valence electrons. The molecule has 0 unspecified atom stereocenters. The van der Waals surface area contributed by atoms with Crippen molar-refractivity contribution in [3.8, 4) is 11.5 Å². The molecule has 0 saturated carbocycles. The van der Waals surface area contributed by atoms with Crippen LogP contribution in [0.2, 0.25) is 0 Å². The zero-order valence-corrected chi connectivity index (χ0v) is 16.9. The van der Waals surface area contributed by atoms with Crippen LogP contribution in [-0.4, -0.2) is 21.3 Å². The molecule has 0 bridgehead atoms. The number of phenols is 2. The SMILES string of the molecule is C=C(C)[C@]1(C)CCC(C)=C[C@H]1c1c(O)cc(CCCCC)c(C(=O)O)c1O. The summed E-state index contributed by atoms with van der Waals surface area (Å²) < 4.78 is 0. The largest absolute Gasteiger partial charge is 0.507 e. The molecule has 0 aliphatic heterocycles. The zero-order chi connectivity index (χ0) is 20.4. The van der Waals surface area contributed by atoms with E-state index in [-0.39, 0.29) is 28.4 Å². The Morgan fingerprint density at radius 1 is 1.33 bits per heavy atom. The van der Waals surface area contributed by atoms with E-state index in [2.05, 4.69) is 20.4 Å². The maximum atomic E-state index is 11.9. The molecule has 0 spiro atoms. The Balaban J connectivity index is 2.65. The lowest BCUT2D eigenvalue weighted by Gasteiger charge is -2.41. The van der Waals surface area contributed by atoms with Crippen LogP contribution in [0.5, 0.6) is 11.5 Å². The Bertz CT molecular complexity index is 775. The summed E-state index contributed by atoms with van der Waals surface area (Å²) >= 11 is 0. The topological polar surface area (TPSA) is 77.8 Å². The van der Waals surface area contributed by atoms with Gasteiger partial charge in [0.25, 0.3) is 0 Å². The first kappa shape index (κ1) is 21.1. The molecule has 0 amide bonds. The highest BCUT2D eigenvalue weighted by Gasteiger charge is 2.41. The van der Waals surface area contributed by atoms with E-state index in [4.69, 9.17) is 0 Å². The van der Waals surface area contributed by atoms with Crippen LogP contribution >= 0.6 is 0 Å². The lowest BCUT2D eigenvalue weighted by molar-refractivity contribution is 0.0692. The standard InChI is InChI=1S/C23H32O4/c1-6-7-8-9-16-13-18(24)20(21(25)19(16)22(26)27)17-12-15(4)10-11-23(17,5)14(2)3/h12-13,17,24-25H,2,6-11H2,1,3-5H3,(H,26,27)/t17-,23-/m0/s1. The van der Waals surface area contributed by atoms with Crippen molar-refractivity contribution in [1.29, 1.82) is 0 Å². The van der Waals surface area contributed by atoms with E-state index in [0.717, 1.165) is 37.7 Å². The van der Waals surface area contributed by atoms with Gasteiger partial charge in [-0.2, -0.15) is 0 Å². The molecule has 3 N–H and O–H groups in total. The van der Waals surface area contributed by atoms with Gasteiger partial charge >= 0.3 is 5.97 Å². The molecule has 0 saturated heterocycles. The highest BCUT2D eigenvalue weighted by atomic mass is 16.4. The number of aryl methyl sites for hydroxylation is 1. The zero-order valence-electron chi connectivity index (χ0n) is 16.9. The monoisotopic (exact) mass is 372 g/mol. The predicted molar refractivity (Wildman–Crippen MR) is 109 cm³/mol. The average molecular weight is 373 g/mol. The minimum atomic E-state index is -1.16. The number of phenolic OH excluding ortho intramolecular Hbond substituents is 1. The van der Waals surface area contributed by atoms with Crippen LogP contribution in [0.15, 0.2) is 29.9 Å². The lowest BCUT2D eigenvalue weighted by Crippen LogP contribution is -2.29. The Morgan fingerprint density at radius 3 is 2.56 bits per heavy atom. The summed E-state index contributed by atoms with van der Waals surface area (Å²) in [7, 11) is 0. The molecule has 1 aliphatic rings. The minimum absolute atomic E-state index is 0.0348. The normalized spacial score (nSPS) is 22.4. The second kappa shape index (κ2) is 8.20. The van der Waals surface area contributed by atoms with Gasteiger partial charge in [0.1, 0.15) is 17.1 Å². The number of unbranched alkanes of at least 4 members (excludes halogenated alkanes) is 2. The molecular weight excluding hydrogens is 340 g/mol. The van der Waals surface area contributed by atoms with Crippen LogP contribution in [0.4, 0.5) is 0 Å². The van der Waals surface area contributed by atoms with E-state index < -0.39 is 5.97 Å². The number of carbonyl (C=O) groups is 1. The van der Waals surface area contributed by atoms with Gasteiger partial charge in [-0.1, -0.05) is 50.5 Å². The number of allylic oxidation sites excluding steroid dienone is 3. The number of hydrogen-bond donors (Lipinski definition) is 3. The summed E-state index contributed by atoms with van der Waals surface area (Å²) in [5, 5.41) is 31.4. The van der Waals surface area contributed by atoms with E-state index in [1.807, 2.05) is 19.9 Å². The van der Waals surface area contributed by atoms with E-state index in [0.29, 0.717) is 17.5 Å². The van der Waals surface area contributed by atoms with E-state index in [9.17, 15) is 20.1 Å². The van der Waals surface area contributed by atoms with Crippen molar-refractivity contribution in [3.63, 3.8) is 0 Å². The quantitative estimate of drug-likeness (QED) is 0.409. The summed E-state index contributed by atoms with van der Waals surface area (Å²) in [6.45, 7) is 12.2. The molecule has 2 atom stereocenters. The van der Waals surface area contributed by atoms with Crippen molar-refractivity contribution < 1.29 is 20.1 Å². The Kier molecular flexibility index (Phi) is 6.40. The van der Waals surface area contributed by atoms with Crippen molar-refractivity contribution >= 4 is 5.97 Å². The van der Waals surface area contributed by atoms with Crippen LogP contribution in [0.3, 0.4) is 0 Å². The summed E-state index contributed by atoms with van der Waals surface area (Å²) in [6, 6.07) is 1.53. The van der Waals surface area contributed by atoms with Gasteiger partial charge in [-0.25, -0.2) is 4.79 Å². The van der Waals surface area contributed by atoms with Gasteiger partial charge in [0.15, 0.2) is 0 Å². The van der Waals surface area contributed by atoms with E-state index in [1.54, 1.807) is 0 Å². The van der Waals surface area contributed by atoms with Crippen molar-refractivity contribution in [2.45, 2.75) is 72.1 Å². The fourth-order valence-corrected chi connectivity index (χ4v) is 4.08. The maximum Gasteiger partial charge on any atom is 0.339 e. The summed E-state index contributed by atoms with van der Waals surface area (Å²) in [4.78, 5) is 11.9. The second-order valence-electron chi connectivity index (χ2n) is 8.14. The number of aromatic carboxylic acids is 1. The maximum absolute atomic E-state index is 11.9. The van der Waals surface area contributed by atoms with Gasteiger partial charge in [0.05, 0.1) is 0 Å². The molecule has 1 aliphatic carbocycles. The van der Waals surface area contributed by atoms with E-state index >= 15 is 0 Å². The number of rotatable bonds is 7. The lowest BCUT2D eigenvalue weighted by atomic mass is 9.62. The van der Waals surface area contributed by atoms with Crippen molar-refractivity contribution in [2.75, 3.05) is 0 Å². The summed E-state index contributed by atoms with van der Waals surface area (Å²) in [5.74, 6) is -1.81. The van der Waals surface area contributed by atoms with Crippen LogP contribution < -0.4 is 0 Å². The highest BCUT2D eigenvalue weighted by Crippen LogP contribution is 2.54. The summed E-state index contributed by atoms with van der Waals surface area (Å²) in [6.07, 6.45) is 7.13. The molecule has 0 heterocycles. The third kappa shape index (κ3) is 4.05. The van der Waals surface area contributed by atoms with Crippen LogP contribution in [0.1, 0.15) is 87.2 Å². The van der Waals surface area contributed by atoms with Gasteiger partial charge in [-0.05, 0) is 56.6 Å².